The van der Waals surface area contributed by atoms with Crippen LogP contribution in [0.4, 0.5) is 0 Å². The highest BCUT2D eigenvalue weighted by Crippen LogP contribution is 2.19. The smallest absolute Gasteiger partial charge is 0.220 e. The number of carbonyl (C=O) groups excluding carboxylic acids is 1. The van der Waals surface area contributed by atoms with Gasteiger partial charge in [-0.15, -0.1) is 0 Å². The van der Waals surface area contributed by atoms with Crippen LogP contribution in [0, 0.1) is 5.92 Å². The van der Waals surface area contributed by atoms with E-state index in [-0.39, 0.29) is 5.91 Å². The molecule has 98 valence electrons. The zero-order valence-electron chi connectivity index (χ0n) is 11.1. The number of benzene rings is 1. The van der Waals surface area contributed by atoms with Gasteiger partial charge in [0.05, 0.1) is 0 Å². The summed E-state index contributed by atoms with van der Waals surface area (Å²) < 4.78 is 0. The third-order valence-electron chi connectivity index (χ3n) is 3.64. The molecule has 1 aliphatic rings. The van der Waals surface area contributed by atoms with E-state index < -0.39 is 0 Å². The molecule has 0 unspecified atom stereocenters. The standard InChI is InChI=1S/C15H22N2O/c1-17-9-7-13(8-10-17)11-15(18)16-12-14-5-3-2-4-6-14/h2-6,13H,7-12H2,1H3,(H,16,18). The lowest BCUT2D eigenvalue weighted by atomic mass is 9.93. The number of nitrogens with one attached hydrogen (secondary N) is 1. The number of hydrogen-bond acceptors (Lipinski definition) is 2. The zero-order chi connectivity index (χ0) is 12.8. The van der Waals surface area contributed by atoms with Crippen molar-refractivity contribution in [2.45, 2.75) is 25.8 Å². The summed E-state index contributed by atoms with van der Waals surface area (Å²) in [4.78, 5) is 14.2. The molecule has 0 saturated carbocycles. The van der Waals surface area contributed by atoms with E-state index in [1.54, 1.807) is 0 Å². The van der Waals surface area contributed by atoms with Gasteiger partial charge in [-0.3, -0.25) is 4.79 Å². The molecule has 0 radical (unpaired) electrons. The van der Waals surface area contributed by atoms with E-state index in [1.165, 1.54) is 0 Å². The molecule has 1 aromatic rings. The molecule has 1 heterocycles. The third-order valence-corrected chi connectivity index (χ3v) is 3.64. The molecule has 0 aliphatic carbocycles. The fourth-order valence-electron chi connectivity index (χ4n) is 2.40. The summed E-state index contributed by atoms with van der Waals surface area (Å²) in [6.07, 6.45) is 2.98. The van der Waals surface area contributed by atoms with Crippen LogP contribution in [-0.2, 0) is 11.3 Å². The van der Waals surface area contributed by atoms with Crippen molar-refractivity contribution in [3.8, 4) is 0 Å². The Kier molecular flexibility index (Phi) is 4.76. The highest BCUT2D eigenvalue weighted by molar-refractivity contribution is 5.76. The first-order chi connectivity index (χ1) is 8.74. The van der Waals surface area contributed by atoms with Crippen molar-refractivity contribution < 1.29 is 4.79 Å². The SMILES string of the molecule is CN1CCC(CC(=O)NCc2ccccc2)CC1. The Labute approximate surface area is 109 Å². The van der Waals surface area contributed by atoms with Crippen molar-refractivity contribution in [3.63, 3.8) is 0 Å². The molecule has 1 N–H and O–H groups in total. The van der Waals surface area contributed by atoms with Gasteiger partial charge in [-0.1, -0.05) is 30.3 Å². The van der Waals surface area contributed by atoms with Crippen LogP contribution in [-0.4, -0.2) is 30.9 Å². The first kappa shape index (κ1) is 13.1. The van der Waals surface area contributed by atoms with Crippen molar-refractivity contribution in [1.29, 1.82) is 0 Å². The quantitative estimate of drug-likeness (QED) is 0.881. The van der Waals surface area contributed by atoms with Crippen LogP contribution < -0.4 is 5.32 Å². The fourth-order valence-corrected chi connectivity index (χ4v) is 2.40. The first-order valence-electron chi connectivity index (χ1n) is 6.73. The molecule has 0 spiro atoms. The Morgan fingerprint density at radius 3 is 2.61 bits per heavy atom. The molecule has 0 bridgehead atoms. The average Bonchev–Trinajstić information content (AvgIpc) is 2.40. The number of hydrogen-bond donors (Lipinski definition) is 1. The summed E-state index contributed by atoms with van der Waals surface area (Å²) in [6, 6.07) is 10.1. The Balaban J connectivity index is 1.69. The van der Waals surface area contributed by atoms with E-state index in [9.17, 15) is 4.79 Å². The molecule has 1 amide bonds. The normalized spacial score (nSPS) is 17.6. The second kappa shape index (κ2) is 6.55. The minimum absolute atomic E-state index is 0.188. The summed E-state index contributed by atoms with van der Waals surface area (Å²) >= 11 is 0. The van der Waals surface area contributed by atoms with Gasteiger partial charge in [0.2, 0.25) is 5.91 Å². The van der Waals surface area contributed by atoms with Crippen molar-refractivity contribution >= 4 is 5.91 Å². The molecule has 1 aliphatic heterocycles. The van der Waals surface area contributed by atoms with Crippen LogP contribution in [0.25, 0.3) is 0 Å². The number of rotatable bonds is 4. The van der Waals surface area contributed by atoms with E-state index >= 15 is 0 Å². The van der Waals surface area contributed by atoms with Crippen LogP contribution in [0.2, 0.25) is 0 Å². The summed E-state index contributed by atoms with van der Waals surface area (Å²) in [5.74, 6) is 0.755. The Morgan fingerprint density at radius 2 is 1.94 bits per heavy atom. The summed E-state index contributed by atoms with van der Waals surface area (Å²) in [7, 11) is 2.14. The van der Waals surface area contributed by atoms with Crippen LogP contribution >= 0.6 is 0 Å². The van der Waals surface area contributed by atoms with E-state index in [0.717, 1.165) is 31.5 Å². The second-order valence-electron chi connectivity index (χ2n) is 5.21. The van der Waals surface area contributed by atoms with Gasteiger partial charge >= 0.3 is 0 Å². The maximum atomic E-state index is 11.8. The van der Waals surface area contributed by atoms with E-state index in [4.69, 9.17) is 0 Å². The summed E-state index contributed by atoms with van der Waals surface area (Å²) in [5.41, 5.74) is 1.16. The van der Waals surface area contributed by atoms with Crippen molar-refractivity contribution in [2.24, 2.45) is 5.92 Å². The van der Waals surface area contributed by atoms with Crippen LogP contribution in [0.5, 0.6) is 0 Å². The lowest BCUT2D eigenvalue weighted by Gasteiger charge is -2.28. The predicted octanol–water partition coefficient (Wildman–Crippen LogP) is 2.03. The Hall–Kier alpha value is -1.35. The van der Waals surface area contributed by atoms with Gasteiger partial charge in [0.25, 0.3) is 0 Å². The van der Waals surface area contributed by atoms with Crippen LogP contribution in [0.15, 0.2) is 30.3 Å². The molecule has 3 nitrogen and oxygen atoms in total. The van der Waals surface area contributed by atoms with E-state index in [1.807, 2.05) is 30.3 Å². The second-order valence-corrected chi connectivity index (χ2v) is 5.21. The summed E-state index contributed by atoms with van der Waals surface area (Å²) in [6.45, 7) is 2.89. The highest BCUT2D eigenvalue weighted by atomic mass is 16.1. The number of likely N-dealkylation sites (tertiary alicyclic amines) is 1. The molecule has 0 atom stereocenters. The van der Waals surface area contributed by atoms with Gasteiger partial charge in [0, 0.05) is 13.0 Å². The monoisotopic (exact) mass is 246 g/mol. The third kappa shape index (κ3) is 4.15. The van der Waals surface area contributed by atoms with Gasteiger partial charge in [0.1, 0.15) is 0 Å². The lowest BCUT2D eigenvalue weighted by molar-refractivity contribution is -0.122. The molecule has 1 fully saturated rings. The zero-order valence-corrected chi connectivity index (χ0v) is 11.1. The molecule has 2 rings (SSSR count). The first-order valence-corrected chi connectivity index (χ1v) is 6.73. The molecule has 0 aromatic heterocycles. The fraction of sp³-hybridized carbons (Fsp3) is 0.533. The number of amides is 1. The maximum absolute atomic E-state index is 11.8. The average molecular weight is 246 g/mol. The topological polar surface area (TPSA) is 32.3 Å². The molecule has 3 heteroatoms. The van der Waals surface area contributed by atoms with E-state index in [2.05, 4.69) is 17.3 Å². The van der Waals surface area contributed by atoms with Gasteiger partial charge in [-0.2, -0.15) is 0 Å². The minimum Gasteiger partial charge on any atom is -0.352 e. The molecular formula is C15H22N2O. The van der Waals surface area contributed by atoms with Crippen LogP contribution in [0.3, 0.4) is 0 Å². The van der Waals surface area contributed by atoms with Gasteiger partial charge in [-0.05, 0) is 44.5 Å². The molecule has 1 aromatic carbocycles. The summed E-state index contributed by atoms with van der Waals surface area (Å²) in [5, 5.41) is 3.00. The van der Waals surface area contributed by atoms with Gasteiger partial charge in [0.15, 0.2) is 0 Å². The van der Waals surface area contributed by atoms with Crippen LogP contribution in [0.1, 0.15) is 24.8 Å². The number of piperidine rings is 1. The molecule has 1 saturated heterocycles. The molecular weight excluding hydrogens is 224 g/mol. The van der Waals surface area contributed by atoms with Crippen molar-refractivity contribution in [2.75, 3.05) is 20.1 Å². The Morgan fingerprint density at radius 1 is 1.28 bits per heavy atom. The minimum atomic E-state index is 0.188. The maximum Gasteiger partial charge on any atom is 0.220 e. The largest absolute Gasteiger partial charge is 0.352 e. The molecule has 18 heavy (non-hydrogen) atoms. The van der Waals surface area contributed by atoms with E-state index in [0.29, 0.717) is 18.9 Å². The lowest BCUT2D eigenvalue weighted by Crippen LogP contribution is -2.33. The number of nitrogens with zero attached hydrogens (tertiary/aromatic N) is 1. The highest BCUT2D eigenvalue weighted by Gasteiger charge is 2.19. The number of carbonyl (C=O) groups is 1. The Bertz CT molecular complexity index is 369. The predicted molar refractivity (Wildman–Crippen MR) is 73.1 cm³/mol. The van der Waals surface area contributed by atoms with Gasteiger partial charge in [-0.25, -0.2) is 0 Å². The van der Waals surface area contributed by atoms with Crippen molar-refractivity contribution in [1.82, 2.24) is 10.2 Å². The van der Waals surface area contributed by atoms with Crippen molar-refractivity contribution in [3.05, 3.63) is 35.9 Å². The van der Waals surface area contributed by atoms with Gasteiger partial charge < -0.3 is 10.2 Å².